The Bertz CT molecular complexity index is 635. The molecule has 0 radical (unpaired) electrons. The number of fused-ring (bicyclic) bond motifs is 1. The number of carbonyl (C=O) groups excluding carboxylic acids is 1. The Hall–Kier alpha value is -0.830. The number of hydrogen-bond acceptors (Lipinski definition) is 1. The first-order valence-corrected chi connectivity index (χ1v) is 12.6. The monoisotopic (exact) mass is 447 g/mol. The van der Waals surface area contributed by atoms with E-state index in [0.717, 1.165) is 44.6 Å². The molecule has 1 fully saturated rings. The lowest BCUT2D eigenvalue weighted by atomic mass is 9.79. The largest absolute Gasteiger partial charge is 0.312 e. The fourth-order valence-corrected chi connectivity index (χ4v) is 5.92. The maximum absolute atomic E-state index is 13.3. The highest BCUT2D eigenvalue weighted by atomic mass is 79.9. The summed E-state index contributed by atoms with van der Waals surface area (Å²) in [7, 11) is 0. The second-order valence-electron chi connectivity index (χ2n) is 9.01. The van der Waals surface area contributed by atoms with E-state index in [-0.39, 0.29) is 5.92 Å². The Kier molecular flexibility index (Phi) is 8.44. The number of carbonyl (C=O) groups is 1. The van der Waals surface area contributed by atoms with E-state index in [9.17, 15) is 4.79 Å². The molecular weight excluding hydrogens is 410 g/mol. The average molecular weight is 448 g/mol. The van der Waals surface area contributed by atoms with Crippen LogP contribution < -0.4 is 4.90 Å². The van der Waals surface area contributed by atoms with Crippen molar-refractivity contribution in [3.63, 3.8) is 0 Å². The molecule has 1 saturated carbocycles. The minimum atomic E-state index is 0.250. The number of anilines is 1. The molecule has 0 saturated heterocycles. The second kappa shape index (κ2) is 10.8. The molecule has 1 aliphatic carbocycles. The third-order valence-electron chi connectivity index (χ3n) is 6.75. The van der Waals surface area contributed by atoms with Gasteiger partial charge >= 0.3 is 0 Å². The third kappa shape index (κ3) is 5.62. The van der Waals surface area contributed by atoms with Gasteiger partial charge in [-0.1, -0.05) is 67.6 Å². The molecule has 0 aromatic heterocycles. The fourth-order valence-electron chi connectivity index (χ4n) is 5.09. The summed E-state index contributed by atoms with van der Waals surface area (Å²) in [4.78, 5) is 16.0. The van der Waals surface area contributed by atoms with Crippen molar-refractivity contribution in [2.24, 2.45) is 11.8 Å². The predicted octanol–water partition coefficient (Wildman–Crippen LogP) is 7.07. The minimum Gasteiger partial charge on any atom is -0.312 e. The number of nitrogens with zero attached hydrogens (tertiary/aromatic N) is 1. The van der Waals surface area contributed by atoms with Crippen LogP contribution in [-0.2, 0) is 17.6 Å². The van der Waals surface area contributed by atoms with Gasteiger partial charge in [0.15, 0.2) is 0 Å². The summed E-state index contributed by atoms with van der Waals surface area (Å²) in [5, 5.41) is 0. The molecule has 156 valence electrons. The van der Waals surface area contributed by atoms with Gasteiger partial charge < -0.3 is 4.90 Å². The molecule has 1 aromatic carbocycles. The molecule has 1 aliphatic heterocycles. The van der Waals surface area contributed by atoms with E-state index in [2.05, 4.69) is 52.9 Å². The normalized spacial score (nSPS) is 23.3. The smallest absolute Gasteiger partial charge is 0.230 e. The molecule has 1 atom stereocenters. The van der Waals surface area contributed by atoms with E-state index in [1.807, 2.05) is 0 Å². The van der Waals surface area contributed by atoms with Gasteiger partial charge in [-0.3, -0.25) is 4.79 Å². The van der Waals surface area contributed by atoms with Crippen LogP contribution in [0.2, 0.25) is 0 Å². The summed E-state index contributed by atoms with van der Waals surface area (Å²) in [6, 6.07) is 6.83. The summed E-state index contributed by atoms with van der Waals surface area (Å²) >= 11 is 3.81. The van der Waals surface area contributed by atoms with Crippen LogP contribution in [0.1, 0.15) is 89.2 Å². The molecule has 28 heavy (non-hydrogen) atoms. The van der Waals surface area contributed by atoms with Gasteiger partial charge in [-0.2, -0.15) is 0 Å². The van der Waals surface area contributed by atoms with Crippen LogP contribution in [0.5, 0.6) is 0 Å². The van der Waals surface area contributed by atoms with Gasteiger partial charge in [0.05, 0.1) is 0 Å². The van der Waals surface area contributed by atoms with Gasteiger partial charge in [0.25, 0.3) is 0 Å². The standard InChI is InChI=1S/C25H38BrNO/c1-3-5-8-19-10-13-21(14-11-19)25(28)27-16-6-9-22-17-20(12-15-24(22)27)18-23(26)7-4-2/h12,15,17,19,21,23H,3-11,13-14,16,18H2,1-2H3. The van der Waals surface area contributed by atoms with Crippen LogP contribution in [0.25, 0.3) is 0 Å². The second-order valence-corrected chi connectivity index (χ2v) is 10.3. The van der Waals surface area contributed by atoms with Crippen molar-refractivity contribution in [2.75, 3.05) is 11.4 Å². The van der Waals surface area contributed by atoms with Gasteiger partial charge in [0, 0.05) is 23.0 Å². The molecule has 3 heteroatoms. The van der Waals surface area contributed by atoms with Crippen LogP contribution in [0.3, 0.4) is 0 Å². The van der Waals surface area contributed by atoms with Gasteiger partial charge in [-0.05, 0) is 74.5 Å². The van der Waals surface area contributed by atoms with Crippen molar-refractivity contribution in [1.29, 1.82) is 0 Å². The van der Waals surface area contributed by atoms with Gasteiger partial charge in [0.2, 0.25) is 5.91 Å². The quantitative estimate of drug-likeness (QED) is 0.390. The number of unbranched alkanes of at least 4 members (excludes halogenated alkanes) is 1. The maximum atomic E-state index is 13.3. The van der Waals surface area contributed by atoms with Crippen molar-refractivity contribution in [2.45, 2.75) is 95.7 Å². The predicted molar refractivity (Wildman–Crippen MR) is 123 cm³/mol. The van der Waals surface area contributed by atoms with Gasteiger partial charge in [0.1, 0.15) is 0 Å². The molecule has 0 N–H and O–H groups in total. The molecule has 2 aliphatic rings. The van der Waals surface area contributed by atoms with E-state index in [1.54, 1.807) is 0 Å². The lowest BCUT2D eigenvalue weighted by molar-refractivity contribution is -0.123. The molecule has 1 amide bonds. The first-order valence-electron chi connectivity index (χ1n) is 11.7. The van der Waals surface area contributed by atoms with Crippen LogP contribution in [-0.4, -0.2) is 17.3 Å². The highest BCUT2D eigenvalue weighted by molar-refractivity contribution is 9.09. The molecule has 1 heterocycles. The van der Waals surface area contributed by atoms with Gasteiger partial charge in [-0.25, -0.2) is 0 Å². The van der Waals surface area contributed by atoms with Crippen molar-refractivity contribution < 1.29 is 4.79 Å². The number of aryl methyl sites for hydroxylation is 1. The van der Waals surface area contributed by atoms with Crippen LogP contribution in [0.4, 0.5) is 5.69 Å². The van der Waals surface area contributed by atoms with E-state index in [0.29, 0.717) is 10.7 Å². The topological polar surface area (TPSA) is 20.3 Å². The van der Waals surface area contributed by atoms with E-state index < -0.39 is 0 Å². The number of hydrogen-bond donors (Lipinski definition) is 0. The fraction of sp³-hybridized carbons (Fsp3) is 0.720. The highest BCUT2D eigenvalue weighted by Crippen LogP contribution is 2.36. The van der Waals surface area contributed by atoms with Crippen molar-refractivity contribution >= 4 is 27.5 Å². The maximum Gasteiger partial charge on any atom is 0.230 e. The molecule has 2 nitrogen and oxygen atoms in total. The molecular formula is C25H38BrNO. The third-order valence-corrected chi connectivity index (χ3v) is 7.53. The molecule has 0 spiro atoms. The number of rotatable bonds is 8. The molecule has 1 unspecified atom stereocenters. The lowest BCUT2D eigenvalue weighted by Crippen LogP contribution is -2.40. The van der Waals surface area contributed by atoms with Crippen LogP contribution in [0, 0.1) is 11.8 Å². The first kappa shape index (κ1) is 21.9. The highest BCUT2D eigenvalue weighted by Gasteiger charge is 2.31. The van der Waals surface area contributed by atoms with Crippen LogP contribution in [0.15, 0.2) is 18.2 Å². The summed E-state index contributed by atoms with van der Waals surface area (Å²) in [6.07, 6.45) is 14.4. The zero-order chi connectivity index (χ0) is 19.9. The minimum absolute atomic E-state index is 0.250. The number of amides is 1. The van der Waals surface area contributed by atoms with E-state index in [1.165, 1.54) is 61.8 Å². The first-order chi connectivity index (χ1) is 13.6. The summed E-state index contributed by atoms with van der Waals surface area (Å²) in [6.45, 7) is 5.41. The SMILES string of the molecule is CCCCC1CCC(C(=O)N2CCCc3cc(CC(Br)CCC)ccc32)CC1. The molecule has 0 bridgehead atoms. The molecule has 3 rings (SSSR count). The summed E-state index contributed by atoms with van der Waals surface area (Å²) in [5.74, 6) is 1.51. The van der Waals surface area contributed by atoms with Crippen molar-refractivity contribution in [1.82, 2.24) is 0 Å². The van der Waals surface area contributed by atoms with Gasteiger partial charge in [-0.15, -0.1) is 0 Å². The Balaban J connectivity index is 1.63. The Labute approximate surface area is 180 Å². The summed E-state index contributed by atoms with van der Waals surface area (Å²) < 4.78 is 0. The summed E-state index contributed by atoms with van der Waals surface area (Å²) in [5.41, 5.74) is 3.97. The van der Waals surface area contributed by atoms with Crippen molar-refractivity contribution in [3.05, 3.63) is 29.3 Å². The number of alkyl halides is 1. The van der Waals surface area contributed by atoms with E-state index >= 15 is 0 Å². The Morgan fingerprint density at radius 1 is 1.18 bits per heavy atom. The Morgan fingerprint density at radius 2 is 1.96 bits per heavy atom. The lowest BCUT2D eigenvalue weighted by Gasteiger charge is -2.35. The number of benzene rings is 1. The van der Waals surface area contributed by atoms with Crippen molar-refractivity contribution in [3.8, 4) is 0 Å². The average Bonchev–Trinajstić information content (AvgIpc) is 2.71. The van der Waals surface area contributed by atoms with E-state index in [4.69, 9.17) is 0 Å². The molecule has 1 aromatic rings. The zero-order valence-corrected chi connectivity index (χ0v) is 19.5. The van der Waals surface area contributed by atoms with Crippen LogP contribution >= 0.6 is 15.9 Å². The zero-order valence-electron chi connectivity index (χ0n) is 17.9. The Morgan fingerprint density at radius 3 is 2.68 bits per heavy atom. The number of halogens is 1.